The molecule has 2 heterocycles. The topological polar surface area (TPSA) is 41.6 Å². The number of hydrogen-bond donors (Lipinski definition) is 1. The summed E-state index contributed by atoms with van der Waals surface area (Å²) in [5.74, 6) is 0. The van der Waals surface area contributed by atoms with Crippen LogP contribution in [0.1, 0.15) is 6.92 Å². The molecular formula is C5H7NO2S. The Labute approximate surface area is 57.1 Å². The van der Waals surface area contributed by atoms with Crippen LogP contribution in [0.5, 0.6) is 0 Å². The van der Waals surface area contributed by atoms with E-state index in [1.54, 1.807) is 0 Å². The van der Waals surface area contributed by atoms with Crippen LogP contribution in [-0.4, -0.2) is 22.8 Å². The summed E-state index contributed by atoms with van der Waals surface area (Å²) in [6.45, 7) is 2.01. The zero-order valence-electron chi connectivity index (χ0n) is 4.96. The number of nitrogens with one attached hydrogen (secondary N) is 1. The molecule has 0 radical (unpaired) electrons. The monoisotopic (exact) mass is 145 g/mol. The lowest BCUT2D eigenvalue weighted by atomic mass is 10.3. The summed E-state index contributed by atoms with van der Waals surface area (Å²) in [7, 11) is 0. The van der Waals surface area contributed by atoms with Crippen molar-refractivity contribution in [1.82, 2.24) is 5.32 Å². The highest BCUT2D eigenvalue weighted by atomic mass is 32.2. The Morgan fingerprint density at radius 3 is 3.22 bits per heavy atom. The van der Waals surface area contributed by atoms with E-state index in [0.29, 0.717) is 5.25 Å². The molecule has 50 valence electrons. The van der Waals surface area contributed by atoms with Gasteiger partial charge in [0.05, 0.1) is 0 Å². The van der Waals surface area contributed by atoms with Gasteiger partial charge < -0.3 is 10.1 Å². The summed E-state index contributed by atoms with van der Waals surface area (Å²) >= 11 is 1.32. The van der Waals surface area contributed by atoms with Crippen molar-refractivity contribution in [2.75, 3.05) is 0 Å². The minimum atomic E-state index is 0.0359. The Morgan fingerprint density at radius 1 is 1.78 bits per heavy atom. The molecular weight excluding hydrogens is 138 g/mol. The SMILES string of the molecule is CC1SC(=O)NC2OC21. The van der Waals surface area contributed by atoms with Crippen LogP contribution in [0.4, 0.5) is 4.79 Å². The number of amides is 1. The number of rotatable bonds is 0. The summed E-state index contributed by atoms with van der Waals surface area (Å²) in [4.78, 5) is 10.7. The number of fused-ring (bicyclic) bond motifs is 1. The highest BCUT2D eigenvalue weighted by Crippen LogP contribution is 2.35. The highest BCUT2D eigenvalue weighted by Gasteiger charge is 2.48. The zero-order chi connectivity index (χ0) is 6.43. The van der Waals surface area contributed by atoms with Crippen LogP contribution >= 0.6 is 11.8 Å². The lowest BCUT2D eigenvalue weighted by molar-refractivity contribution is 0.255. The van der Waals surface area contributed by atoms with E-state index in [1.807, 2.05) is 6.92 Å². The molecule has 0 bridgehead atoms. The maximum Gasteiger partial charge on any atom is 0.281 e. The second-order valence-corrected chi connectivity index (χ2v) is 3.63. The van der Waals surface area contributed by atoms with Gasteiger partial charge in [0.1, 0.15) is 6.10 Å². The molecule has 1 amide bonds. The standard InChI is InChI=1S/C5H7NO2S/c1-2-3-4(8-3)6-5(7)9-2/h2-4H,1H3,(H,6,7). The molecule has 9 heavy (non-hydrogen) atoms. The van der Waals surface area contributed by atoms with Crippen LogP contribution in [0.25, 0.3) is 0 Å². The van der Waals surface area contributed by atoms with Crippen molar-refractivity contribution >= 4 is 17.0 Å². The molecule has 2 rings (SSSR count). The molecule has 0 aromatic heterocycles. The Morgan fingerprint density at radius 2 is 2.56 bits per heavy atom. The predicted octanol–water partition coefficient (Wildman–Crippen LogP) is 0.556. The Balaban J connectivity index is 2.07. The van der Waals surface area contributed by atoms with Gasteiger partial charge in [0.25, 0.3) is 5.24 Å². The van der Waals surface area contributed by atoms with Gasteiger partial charge in [0, 0.05) is 5.25 Å². The van der Waals surface area contributed by atoms with Crippen LogP contribution in [0.2, 0.25) is 0 Å². The Bertz CT molecular complexity index is 161. The summed E-state index contributed by atoms with van der Waals surface area (Å²) in [6.07, 6.45) is 0.321. The van der Waals surface area contributed by atoms with E-state index < -0.39 is 0 Å². The third-order valence-corrected chi connectivity index (χ3v) is 2.51. The van der Waals surface area contributed by atoms with Gasteiger partial charge in [-0.05, 0) is 0 Å². The number of epoxide rings is 1. The number of thioether (sulfide) groups is 1. The largest absolute Gasteiger partial charge is 0.347 e. The fraction of sp³-hybridized carbons (Fsp3) is 0.800. The van der Waals surface area contributed by atoms with Crippen molar-refractivity contribution < 1.29 is 9.53 Å². The molecule has 2 aliphatic rings. The van der Waals surface area contributed by atoms with Crippen molar-refractivity contribution in [1.29, 1.82) is 0 Å². The van der Waals surface area contributed by atoms with Gasteiger partial charge >= 0.3 is 0 Å². The maximum atomic E-state index is 10.7. The Hall–Kier alpha value is -0.220. The molecule has 0 aromatic rings. The number of carbonyl (C=O) groups is 1. The minimum Gasteiger partial charge on any atom is -0.347 e. The van der Waals surface area contributed by atoms with Gasteiger partial charge in [-0.3, -0.25) is 4.79 Å². The fourth-order valence-corrected chi connectivity index (χ4v) is 1.85. The molecule has 0 spiro atoms. The normalized spacial score (nSPS) is 47.7. The summed E-state index contributed by atoms with van der Waals surface area (Å²) in [5, 5.41) is 3.07. The first kappa shape index (κ1) is 5.56. The van der Waals surface area contributed by atoms with Gasteiger partial charge in [0.15, 0.2) is 6.23 Å². The third kappa shape index (κ3) is 0.822. The van der Waals surface area contributed by atoms with Crippen LogP contribution in [-0.2, 0) is 4.74 Å². The molecule has 3 atom stereocenters. The van der Waals surface area contributed by atoms with E-state index in [0.717, 1.165) is 0 Å². The summed E-state index contributed by atoms with van der Waals surface area (Å²) in [6, 6.07) is 0. The van der Waals surface area contributed by atoms with E-state index in [4.69, 9.17) is 4.74 Å². The second kappa shape index (κ2) is 1.64. The van der Waals surface area contributed by atoms with E-state index in [1.165, 1.54) is 11.8 Å². The van der Waals surface area contributed by atoms with Gasteiger partial charge in [-0.2, -0.15) is 0 Å². The first-order valence-electron chi connectivity index (χ1n) is 2.90. The molecule has 3 nitrogen and oxygen atoms in total. The smallest absolute Gasteiger partial charge is 0.281 e. The van der Waals surface area contributed by atoms with Crippen molar-refractivity contribution in [3.05, 3.63) is 0 Å². The van der Waals surface area contributed by atoms with Crippen LogP contribution < -0.4 is 5.32 Å². The van der Waals surface area contributed by atoms with Crippen molar-refractivity contribution in [2.45, 2.75) is 24.5 Å². The maximum absolute atomic E-state index is 10.7. The average Bonchev–Trinajstić information content (AvgIpc) is 2.43. The van der Waals surface area contributed by atoms with Gasteiger partial charge in [-0.15, -0.1) is 0 Å². The van der Waals surface area contributed by atoms with Crippen LogP contribution in [0.15, 0.2) is 0 Å². The van der Waals surface area contributed by atoms with Crippen molar-refractivity contribution in [3.63, 3.8) is 0 Å². The molecule has 2 fully saturated rings. The number of hydrogen-bond acceptors (Lipinski definition) is 3. The number of carbonyl (C=O) groups excluding carboxylic acids is 1. The molecule has 0 aromatic carbocycles. The molecule has 2 saturated heterocycles. The summed E-state index contributed by atoms with van der Waals surface area (Å²) in [5.41, 5.74) is 0. The van der Waals surface area contributed by atoms with Crippen LogP contribution in [0.3, 0.4) is 0 Å². The lowest BCUT2D eigenvalue weighted by Crippen LogP contribution is -2.33. The second-order valence-electron chi connectivity index (χ2n) is 2.28. The van der Waals surface area contributed by atoms with E-state index in [9.17, 15) is 4.79 Å². The first-order chi connectivity index (χ1) is 4.27. The molecule has 0 saturated carbocycles. The van der Waals surface area contributed by atoms with Crippen molar-refractivity contribution in [2.24, 2.45) is 0 Å². The Kier molecular flexibility index (Phi) is 1.01. The van der Waals surface area contributed by atoms with Crippen molar-refractivity contribution in [3.8, 4) is 0 Å². The predicted molar refractivity (Wildman–Crippen MR) is 34.2 cm³/mol. The molecule has 4 heteroatoms. The quantitative estimate of drug-likeness (QED) is 0.506. The van der Waals surface area contributed by atoms with Gasteiger partial charge in [-0.1, -0.05) is 18.7 Å². The molecule has 1 N–H and O–H groups in total. The first-order valence-corrected chi connectivity index (χ1v) is 3.78. The zero-order valence-corrected chi connectivity index (χ0v) is 5.77. The number of ether oxygens (including phenoxy) is 1. The molecule has 3 unspecified atom stereocenters. The fourth-order valence-electron chi connectivity index (χ4n) is 0.983. The lowest BCUT2D eigenvalue weighted by Gasteiger charge is -2.11. The van der Waals surface area contributed by atoms with E-state index in [2.05, 4.69) is 5.32 Å². The molecule has 2 aliphatic heterocycles. The minimum absolute atomic E-state index is 0.0359. The van der Waals surface area contributed by atoms with Gasteiger partial charge in [-0.25, -0.2) is 0 Å². The average molecular weight is 145 g/mol. The molecule has 0 aliphatic carbocycles. The summed E-state index contributed by atoms with van der Waals surface area (Å²) < 4.78 is 5.11. The third-order valence-electron chi connectivity index (χ3n) is 1.54. The highest BCUT2D eigenvalue weighted by molar-refractivity contribution is 8.14. The van der Waals surface area contributed by atoms with E-state index >= 15 is 0 Å². The van der Waals surface area contributed by atoms with E-state index in [-0.39, 0.29) is 17.6 Å². The van der Waals surface area contributed by atoms with Gasteiger partial charge in [0.2, 0.25) is 0 Å². The van der Waals surface area contributed by atoms with Crippen LogP contribution in [0, 0.1) is 0 Å².